The highest BCUT2D eigenvalue weighted by Crippen LogP contribution is 2.48. The summed E-state index contributed by atoms with van der Waals surface area (Å²) in [6.45, 7) is 4.78. The van der Waals surface area contributed by atoms with Gasteiger partial charge in [0.25, 0.3) is 0 Å². The Kier molecular flexibility index (Phi) is 5.20. The lowest BCUT2D eigenvalue weighted by Crippen LogP contribution is -2.39. The predicted molar refractivity (Wildman–Crippen MR) is 80.4 cm³/mol. The number of hydrogen-bond acceptors (Lipinski definition) is 3. The normalized spacial score (nSPS) is 24.2. The molecule has 1 aromatic heterocycles. The molecule has 2 heterocycles. The molecule has 2 atom stereocenters. The van der Waals surface area contributed by atoms with Crippen LogP contribution < -0.4 is 5.32 Å². The first-order valence-corrected chi connectivity index (χ1v) is 8.25. The van der Waals surface area contributed by atoms with E-state index in [9.17, 15) is 13.2 Å². The van der Waals surface area contributed by atoms with Crippen molar-refractivity contribution in [3.05, 3.63) is 29.6 Å². The molecule has 118 valence electrons. The molecule has 2 unspecified atom stereocenters. The molecule has 6 heteroatoms. The standard InChI is InChI=1S/C15H21F3N2S/c1-3-7-20-13(14(2)6-4-9-21-14)11-10-19-8-5-12(11)15(16,17)18/h5,8,10,13,20H,3-4,6-7,9H2,1-2H3. The van der Waals surface area contributed by atoms with Crippen LogP contribution >= 0.6 is 11.8 Å². The van der Waals surface area contributed by atoms with Gasteiger partial charge in [-0.05, 0) is 44.6 Å². The first-order chi connectivity index (χ1) is 9.88. The van der Waals surface area contributed by atoms with Crippen molar-refractivity contribution >= 4 is 11.8 Å². The monoisotopic (exact) mass is 318 g/mol. The molecule has 0 aliphatic carbocycles. The van der Waals surface area contributed by atoms with Crippen LogP contribution in [0.25, 0.3) is 0 Å². The molecule has 0 bridgehead atoms. The Bertz CT molecular complexity index is 470. The topological polar surface area (TPSA) is 24.9 Å². The molecule has 0 saturated carbocycles. The van der Waals surface area contributed by atoms with Gasteiger partial charge >= 0.3 is 6.18 Å². The Morgan fingerprint density at radius 3 is 2.81 bits per heavy atom. The Morgan fingerprint density at radius 2 is 2.24 bits per heavy atom. The number of pyridine rings is 1. The summed E-state index contributed by atoms with van der Waals surface area (Å²) in [5, 5.41) is 3.32. The summed E-state index contributed by atoms with van der Waals surface area (Å²) in [6.07, 6.45) is 1.11. The average molecular weight is 318 g/mol. The fraction of sp³-hybridized carbons (Fsp3) is 0.667. The van der Waals surface area contributed by atoms with E-state index in [1.165, 1.54) is 12.4 Å². The van der Waals surface area contributed by atoms with Gasteiger partial charge in [-0.2, -0.15) is 24.9 Å². The largest absolute Gasteiger partial charge is 0.416 e. The van der Waals surface area contributed by atoms with Gasteiger partial charge in [-0.25, -0.2) is 0 Å². The fourth-order valence-electron chi connectivity index (χ4n) is 2.87. The Labute approximate surface area is 127 Å². The van der Waals surface area contributed by atoms with Crippen molar-refractivity contribution in [1.29, 1.82) is 0 Å². The van der Waals surface area contributed by atoms with E-state index < -0.39 is 11.7 Å². The third kappa shape index (κ3) is 3.72. The number of nitrogens with one attached hydrogen (secondary N) is 1. The number of nitrogens with zero attached hydrogens (tertiary/aromatic N) is 1. The maximum Gasteiger partial charge on any atom is 0.416 e. The van der Waals surface area contributed by atoms with Crippen LogP contribution in [0.4, 0.5) is 13.2 Å². The zero-order chi connectivity index (χ0) is 15.5. The summed E-state index contributed by atoms with van der Waals surface area (Å²) in [5.41, 5.74) is -0.296. The number of halogens is 3. The summed E-state index contributed by atoms with van der Waals surface area (Å²) in [6, 6.07) is 0.758. The number of thioether (sulfide) groups is 1. The van der Waals surface area contributed by atoms with Crippen LogP contribution in [0.2, 0.25) is 0 Å². The molecule has 0 aromatic carbocycles. The third-order valence-electron chi connectivity index (χ3n) is 3.93. The van der Waals surface area contributed by atoms with Crippen molar-refractivity contribution in [2.75, 3.05) is 12.3 Å². The number of hydrogen-bond donors (Lipinski definition) is 1. The van der Waals surface area contributed by atoms with E-state index in [1.54, 1.807) is 11.8 Å². The zero-order valence-electron chi connectivity index (χ0n) is 12.3. The molecule has 2 nitrogen and oxygen atoms in total. The quantitative estimate of drug-likeness (QED) is 0.869. The molecule has 21 heavy (non-hydrogen) atoms. The molecule has 1 saturated heterocycles. The second kappa shape index (κ2) is 6.57. The molecule has 1 N–H and O–H groups in total. The van der Waals surface area contributed by atoms with Crippen molar-refractivity contribution in [3.8, 4) is 0 Å². The van der Waals surface area contributed by atoms with E-state index in [-0.39, 0.29) is 16.4 Å². The van der Waals surface area contributed by atoms with Crippen LogP contribution in [0.3, 0.4) is 0 Å². The first-order valence-electron chi connectivity index (χ1n) is 7.27. The number of aromatic nitrogens is 1. The SMILES string of the molecule is CCCNC(c1cnccc1C(F)(F)F)C1(C)CCCS1. The lowest BCUT2D eigenvalue weighted by atomic mass is 9.88. The highest BCUT2D eigenvalue weighted by atomic mass is 32.2. The van der Waals surface area contributed by atoms with Crippen LogP contribution in [0.1, 0.15) is 50.3 Å². The molecule has 1 aromatic rings. The maximum atomic E-state index is 13.3. The van der Waals surface area contributed by atoms with Crippen LogP contribution in [-0.2, 0) is 6.18 Å². The van der Waals surface area contributed by atoms with Crippen molar-refractivity contribution in [2.24, 2.45) is 0 Å². The summed E-state index contributed by atoms with van der Waals surface area (Å²) in [4.78, 5) is 3.94. The van der Waals surface area contributed by atoms with Gasteiger partial charge in [0.2, 0.25) is 0 Å². The molecule has 0 radical (unpaired) electrons. The Hall–Kier alpha value is -0.750. The Balaban J connectivity index is 2.41. The highest BCUT2D eigenvalue weighted by Gasteiger charge is 2.43. The van der Waals surface area contributed by atoms with Gasteiger partial charge < -0.3 is 5.32 Å². The summed E-state index contributed by atoms with van der Waals surface area (Å²) < 4.78 is 39.6. The fourth-order valence-corrected chi connectivity index (χ4v) is 4.29. The number of alkyl halides is 3. The van der Waals surface area contributed by atoms with E-state index in [0.717, 1.165) is 31.1 Å². The zero-order valence-corrected chi connectivity index (χ0v) is 13.2. The lowest BCUT2D eigenvalue weighted by molar-refractivity contribution is -0.138. The van der Waals surface area contributed by atoms with E-state index in [0.29, 0.717) is 6.54 Å². The lowest BCUT2D eigenvalue weighted by Gasteiger charge is -2.35. The molecule has 1 fully saturated rings. The van der Waals surface area contributed by atoms with Gasteiger partial charge in [-0.15, -0.1) is 0 Å². The minimum atomic E-state index is -4.34. The smallest absolute Gasteiger partial charge is 0.309 e. The maximum absolute atomic E-state index is 13.3. The van der Waals surface area contributed by atoms with Gasteiger partial charge in [0.05, 0.1) is 5.56 Å². The minimum absolute atomic E-state index is 0.210. The van der Waals surface area contributed by atoms with Gasteiger partial charge in [0.15, 0.2) is 0 Å². The van der Waals surface area contributed by atoms with Crippen molar-refractivity contribution < 1.29 is 13.2 Å². The molecule has 0 spiro atoms. The Morgan fingerprint density at radius 1 is 1.48 bits per heavy atom. The number of rotatable bonds is 5. The van der Waals surface area contributed by atoms with Crippen molar-refractivity contribution in [1.82, 2.24) is 10.3 Å². The highest BCUT2D eigenvalue weighted by molar-refractivity contribution is 8.00. The van der Waals surface area contributed by atoms with Gasteiger partial charge in [-0.3, -0.25) is 4.98 Å². The second-order valence-electron chi connectivity index (χ2n) is 5.61. The first kappa shape index (κ1) is 16.6. The van der Waals surface area contributed by atoms with Gasteiger partial charge in [0, 0.05) is 28.7 Å². The van der Waals surface area contributed by atoms with E-state index in [1.807, 2.05) is 6.92 Å². The molecule has 1 aliphatic rings. The van der Waals surface area contributed by atoms with Gasteiger partial charge in [0.1, 0.15) is 0 Å². The second-order valence-corrected chi connectivity index (χ2v) is 7.24. The van der Waals surface area contributed by atoms with Crippen LogP contribution in [0.5, 0.6) is 0 Å². The van der Waals surface area contributed by atoms with Crippen LogP contribution in [-0.4, -0.2) is 22.0 Å². The summed E-state index contributed by atoms with van der Waals surface area (Å²) >= 11 is 1.76. The van der Waals surface area contributed by atoms with E-state index >= 15 is 0 Å². The minimum Gasteiger partial charge on any atom is -0.309 e. The van der Waals surface area contributed by atoms with Crippen molar-refractivity contribution in [3.63, 3.8) is 0 Å². The van der Waals surface area contributed by atoms with Crippen molar-refractivity contribution in [2.45, 2.75) is 50.1 Å². The van der Waals surface area contributed by atoms with Crippen LogP contribution in [0, 0.1) is 0 Å². The predicted octanol–water partition coefficient (Wildman–Crippen LogP) is 4.43. The molecule has 2 rings (SSSR count). The van der Waals surface area contributed by atoms with E-state index in [4.69, 9.17) is 0 Å². The van der Waals surface area contributed by atoms with Gasteiger partial charge in [-0.1, -0.05) is 6.92 Å². The molecular weight excluding hydrogens is 297 g/mol. The van der Waals surface area contributed by atoms with Crippen LogP contribution in [0.15, 0.2) is 18.5 Å². The summed E-state index contributed by atoms with van der Waals surface area (Å²) in [5.74, 6) is 1.00. The summed E-state index contributed by atoms with van der Waals surface area (Å²) in [7, 11) is 0. The molecule has 0 amide bonds. The average Bonchev–Trinajstić information content (AvgIpc) is 2.86. The molecule has 1 aliphatic heterocycles. The molecular formula is C15H21F3N2S. The van der Waals surface area contributed by atoms with E-state index in [2.05, 4.69) is 17.2 Å². The third-order valence-corrected chi connectivity index (χ3v) is 5.52.